The highest BCUT2D eigenvalue weighted by atomic mass is 33.5. The maximum atomic E-state index is 4.07. The Morgan fingerprint density at radius 2 is 1.78 bits per heavy atom. The van der Waals surface area contributed by atoms with Gasteiger partial charge in [0.2, 0.25) is 0 Å². The highest BCUT2D eigenvalue weighted by molar-refractivity contribution is 9.04. The third kappa shape index (κ3) is 3.07. The molecule has 0 unspecified atom stereocenters. The maximum Gasteiger partial charge on any atom is 0.00975 e. The van der Waals surface area contributed by atoms with Crippen LogP contribution in [0.2, 0.25) is 0 Å². The Balaban J connectivity index is 2.08. The standard InChI is InChI=1S/C5H11NS3/c7-9-8-6-4-2-1-3-5-6/h7H,1-5H2. The highest BCUT2D eigenvalue weighted by Crippen LogP contribution is 2.30. The van der Waals surface area contributed by atoms with E-state index in [4.69, 9.17) is 0 Å². The van der Waals surface area contributed by atoms with E-state index in [9.17, 15) is 0 Å². The molecule has 4 heteroatoms. The second-order valence-corrected chi connectivity index (χ2v) is 5.19. The minimum atomic E-state index is 1.25. The topological polar surface area (TPSA) is 3.24 Å². The van der Waals surface area contributed by atoms with Crippen LogP contribution in [-0.4, -0.2) is 17.4 Å². The average molecular weight is 181 g/mol. The molecule has 0 radical (unpaired) electrons. The van der Waals surface area contributed by atoms with Crippen molar-refractivity contribution in [1.82, 2.24) is 4.31 Å². The van der Waals surface area contributed by atoms with Crippen molar-refractivity contribution in [3.8, 4) is 0 Å². The smallest absolute Gasteiger partial charge is 0.00975 e. The molecule has 54 valence electrons. The molecular weight excluding hydrogens is 170 g/mol. The van der Waals surface area contributed by atoms with Gasteiger partial charge in [0.15, 0.2) is 0 Å². The van der Waals surface area contributed by atoms with Crippen molar-refractivity contribution in [3.05, 3.63) is 0 Å². The van der Waals surface area contributed by atoms with Crippen molar-refractivity contribution in [2.75, 3.05) is 13.1 Å². The summed E-state index contributed by atoms with van der Waals surface area (Å²) in [6.45, 7) is 2.50. The molecule has 1 saturated heterocycles. The van der Waals surface area contributed by atoms with Crippen molar-refractivity contribution in [3.63, 3.8) is 0 Å². The van der Waals surface area contributed by atoms with Gasteiger partial charge in [-0.2, -0.15) is 0 Å². The lowest BCUT2D eigenvalue weighted by molar-refractivity contribution is 0.384. The Kier molecular flexibility index (Phi) is 4.30. The molecule has 1 aliphatic heterocycles. The van der Waals surface area contributed by atoms with E-state index in [-0.39, 0.29) is 0 Å². The Hall–Kier alpha value is 1.01. The van der Waals surface area contributed by atoms with Gasteiger partial charge >= 0.3 is 0 Å². The zero-order valence-electron chi connectivity index (χ0n) is 5.25. The molecule has 0 aromatic carbocycles. The molecule has 1 fully saturated rings. The Bertz CT molecular complexity index is 69.8. The predicted molar refractivity (Wildman–Crippen MR) is 49.6 cm³/mol. The van der Waals surface area contributed by atoms with Gasteiger partial charge in [0.1, 0.15) is 0 Å². The fourth-order valence-corrected chi connectivity index (χ4v) is 3.07. The fraction of sp³-hybridized carbons (Fsp3) is 1.00. The number of thiol groups is 1. The van der Waals surface area contributed by atoms with Crippen LogP contribution >= 0.6 is 32.5 Å². The zero-order chi connectivity index (χ0) is 6.53. The highest BCUT2D eigenvalue weighted by Gasteiger charge is 2.08. The summed E-state index contributed by atoms with van der Waals surface area (Å²) in [5, 5.41) is 0. The van der Waals surface area contributed by atoms with Crippen molar-refractivity contribution in [2.24, 2.45) is 0 Å². The Labute approximate surface area is 69.3 Å². The number of nitrogens with zero attached hydrogens (tertiary/aromatic N) is 1. The second-order valence-electron chi connectivity index (χ2n) is 2.14. The summed E-state index contributed by atoms with van der Waals surface area (Å²) in [6.07, 6.45) is 4.14. The van der Waals surface area contributed by atoms with Crippen molar-refractivity contribution >= 4 is 32.5 Å². The van der Waals surface area contributed by atoms with E-state index in [1.807, 2.05) is 0 Å². The molecule has 0 bridgehead atoms. The second kappa shape index (κ2) is 4.77. The first kappa shape index (κ1) is 8.11. The summed E-state index contributed by atoms with van der Waals surface area (Å²) in [5.74, 6) is 0. The molecule has 0 spiro atoms. The van der Waals surface area contributed by atoms with Gasteiger partial charge in [-0.15, -0.1) is 0 Å². The van der Waals surface area contributed by atoms with Gasteiger partial charge in [-0.1, -0.05) is 18.1 Å². The van der Waals surface area contributed by atoms with Gasteiger partial charge in [-0.3, -0.25) is 0 Å². The van der Waals surface area contributed by atoms with Crippen LogP contribution in [0.5, 0.6) is 0 Å². The minimum Gasteiger partial charge on any atom is -0.241 e. The minimum absolute atomic E-state index is 1.25. The van der Waals surface area contributed by atoms with Crippen LogP contribution < -0.4 is 0 Å². The van der Waals surface area contributed by atoms with E-state index in [1.165, 1.54) is 32.4 Å². The van der Waals surface area contributed by atoms with Gasteiger partial charge in [0, 0.05) is 24.1 Å². The van der Waals surface area contributed by atoms with Crippen LogP contribution in [0.15, 0.2) is 0 Å². The van der Waals surface area contributed by atoms with E-state index in [0.717, 1.165) is 0 Å². The first-order valence-corrected chi connectivity index (χ1v) is 6.32. The van der Waals surface area contributed by atoms with Crippen LogP contribution in [0.4, 0.5) is 0 Å². The predicted octanol–water partition coefficient (Wildman–Crippen LogP) is 2.61. The number of hydrogen-bond acceptors (Lipinski definition) is 4. The quantitative estimate of drug-likeness (QED) is 0.396. The summed E-state index contributed by atoms with van der Waals surface area (Å²) in [7, 11) is 3.31. The van der Waals surface area contributed by atoms with Crippen molar-refractivity contribution in [2.45, 2.75) is 19.3 Å². The van der Waals surface area contributed by atoms with E-state index in [2.05, 4.69) is 16.0 Å². The van der Waals surface area contributed by atoms with Crippen molar-refractivity contribution < 1.29 is 0 Å². The zero-order valence-corrected chi connectivity index (χ0v) is 7.77. The molecule has 0 aromatic heterocycles. The van der Waals surface area contributed by atoms with E-state index in [0.29, 0.717) is 0 Å². The lowest BCUT2D eigenvalue weighted by Gasteiger charge is -2.23. The van der Waals surface area contributed by atoms with Crippen LogP contribution in [0.25, 0.3) is 0 Å². The summed E-state index contributed by atoms with van der Waals surface area (Å²) in [5.41, 5.74) is 0. The Morgan fingerprint density at radius 1 is 1.11 bits per heavy atom. The molecule has 0 atom stereocenters. The average Bonchev–Trinajstić information content (AvgIpc) is 1.91. The molecule has 1 aliphatic rings. The van der Waals surface area contributed by atoms with Crippen LogP contribution in [0.1, 0.15) is 19.3 Å². The normalized spacial score (nSPS) is 22.3. The fourth-order valence-electron chi connectivity index (χ4n) is 0.987. The van der Waals surface area contributed by atoms with Gasteiger partial charge in [0.25, 0.3) is 0 Å². The third-order valence-electron chi connectivity index (χ3n) is 1.45. The molecule has 1 nitrogen and oxygen atoms in total. The molecule has 0 amide bonds. The van der Waals surface area contributed by atoms with E-state index >= 15 is 0 Å². The monoisotopic (exact) mass is 181 g/mol. The first-order chi connectivity index (χ1) is 4.43. The molecule has 0 N–H and O–H groups in total. The maximum absolute atomic E-state index is 4.07. The van der Waals surface area contributed by atoms with Crippen molar-refractivity contribution in [1.29, 1.82) is 0 Å². The molecule has 1 heterocycles. The third-order valence-corrected chi connectivity index (χ3v) is 3.53. The van der Waals surface area contributed by atoms with Crippen LogP contribution in [0, 0.1) is 0 Å². The van der Waals surface area contributed by atoms with Gasteiger partial charge < -0.3 is 0 Å². The number of hydrogen-bond donors (Lipinski definition) is 1. The van der Waals surface area contributed by atoms with Gasteiger partial charge in [-0.25, -0.2) is 4.31 Å². The summed E-state index contributed by atoms with van der Waals surface area (Å²) < 4.78 is 2.38. The van der Waals surface area contributed by atoms with Gasteiger partial charge in [-0.05, 0) is 22.7 Å². The van der Waals surface area contributed by atoms with E-state index < -0.39 is 0 Å². The van der Waals surface area contributed by atoms with Gasteiger partial charge in [0.05, 0.1) is 0 Å². The summed E-state index contributed by atoms with van der Waals surface area (Å²) >= 11 is 4.07. The molecule has 1 rings (SSSR count). The lowest BCUT2D eigenvalue weighted by atomic mass is 10.2. The number of rotatable bonds is 2. The molecule has 0 aromatic rings. The van der Waals surface area contributed by atoms with Crippen LogP contribution in [0.3, 0.4) is 0 Å². The lowest BCUT2D eigenvalue weighted by Crippen LogP contribution is -2.21. The largest absolute Gasteiger partial charge is 0.241 e. The van der Waals surface area contributed by atoms with Crippen LogP contribution in [-0.2, 0) is 0 Å². The van der Waals surface area contributed by atoms with E-state index in [1.54, 1.807) is 20.8 Å². The first-order valence-electron chi connectivity index (χ1n) is 3.16. The molecule has 9 heavy (non-hydrogen) atoms. The molecular formula is C5H11NS3. The molecule has 0 aliphatic carbocycles. The SMILES string of the molecule is SSSN1CCCCC1. The molecule has 0 saturated carbocycles. The number of piperidine rings is 1. The summed E-state index contributed by atoms with van der Waals surface area (Å²) in [4.78, 5) is 0. The Morgan fingerprint density at radius 3 is 2.33 bits per heavy atom. The summed E-state index contributed by atoms with van der Waals surface area (Å²) in [6, 6.07) is 0.